The van der Waals surface area contributed by atoms with Crippen molar-refractivity contribution in [2.45, 2.75) is 19.8 Å². The lowest BCUT2D eigenvalue weighted by molar-refractivity contribution is 0.876. The third-order valence-corrected chi connectivity index (χ3v) is 3.29. The van der Waals surface area contributed by atoms with E-state index >= 15 is 0 Å². The number of pyridine rings is 1. The molecular formula is C16H15N. The number of fused-ring (bicyclic) bond motifs is 3. The Balaban J connectivity index is 2.48. The van der Waals surface area contributed by atoms with Crippen LogP contribution in [-0.2, 0) is 0 Å². The average Bonchev–Trinajstić information content (AvgIpc) is 2.37. The van der Waals surface area contributed by atoms with Crippen LogP contribution in [0.25, 0.3) is 21.7 Å². The van der Waals surface area contributed by atoms with Gasteiger partial charge < -0.3 is 0 Å². The van der Waals surface area contributed by atoms with E-state index in [1.807, 2.05) is 12.3 Å². The van der Waals surface area contributed by atoms with Crippen LogP contribution in [0.3, 0.4) is 0 Å². The van der Waals surface area contributed by atoms with Crippen LogP contribution in [0.4, 0.5) is 0 Å². The molecule has 0 bridgehead atoms. The fraction of sp³-hybridized carbons (Fsp3) is 0.188. The third-order valence-electron chi connectivity index (χ3n) is 3.29. The molecule has 0 radical (unpaired) electrons. The SMILES string of the molecule is CC(C)c1cccc2c1ccc1cccnc12. The lowest BCUT2D eigenvalue weighted by Crippen LogP contribution is -1.90. The number of hydrogen-bond acceptors (Lipinski definition) is 1. The minimum absolute atomic E-state index is 0.542. The molecule has 0 spiro atoms. The quantitative estimate of drug-likeness (QED) is 0.551. The summed E-state index contributed by atoms with van der Waals surface area (Å²) in [4.78, 5) is 4.51. The van der Waals surface area contributed by atoms with Crippen molar-refractivity contribution in [3.8, 4) is 0 Å². The van der Waals surface area contributed by atoms with Gasteiger partial charge in [-0.3, -0.25) is 4.98 Å². The van der Waals surface area contributed by atoms with E-state index < -0.39 is 0 Å². The van der Waals surface area contributed by atoms with Crippen molar-refractivity contribution in [1.82, 2.24) is 4.98 Å². The molecule has 0 fully saturated rings. The van der Waals surface area contributed by atoms with E-state index in [4.69, 9.17) is 0 Å². The smallest absolute Gasteiger partial charge is 0.0780 e. The standard InChI is InChI=1S/C16H15N/c1-11(2)13-6-3-7-15-14(13)9-8-12-5-4-10-17-16(12)15/h3-11H,1-2H3. The monoisotopic (exact) mass is 221 g/mol. The van der Waals surface area contributed by atoms with Gasteiger partial charge in [-0.05, 0) is 22.9 Å². The van der Waals surface area contributed by atoms with Crippen molar-refractivity contribution in [3.05, 3.63) is 54.2 Å². The predicted molar refractivity (Wildman–Crippen MR) is 73.3 cm³/mol. The molecule has 1 aromatic heterocycles. The van der Waals surface area contributed by atoms with Gasteiger partial charge in [0.25, 0.3) is 0 Å². The van der Waals surface area contributed by atoms with Gasteiger partial charge in [0.15, 0.2) is 0 Å². The zero-order valence-corrected chi connectivity index (χ0v) is 10.1. The van der Waals surface area contributed by atoms with E-state index in [0.717, 1.165) is 5.52 Å². The molecule has 1 heteroatoms. The second-order valence-electron chi connectivity index (χ2n) is 4.74. The molecule has 3 rings (SSSR count). The number of benzene rings is 2. The molecule has 0 saturated carbocycles. The lowest BCUT2D eigenvalue weighted by atomic mass is 9.95. The minimum atomic E-state index is 0.542. The highest BCUT2D eigenvalue weighted by molar-refractivity contribution is 6.06. The number of nitrogens with zero attached hydrogens (tertiary/aromatic N) is 1. The lowest BCUT2D eigenvalue weighted by Gasteiger charge is -2.11. The summed E-state index contributed by atoms with van der Waals surface area (Å²) in [5.41, 5.74) is 2.50. The van der Waals surface area contributed by atoms with Crippen molar-refractivity contribution in [2.75, 3.05) is 0 Å². The van der Waals surface area contributed by atoms with Crippen LogP contribution >= 0.6 is 0 Å². The Morgan fingerprint density at radius 3 is 2.59 bits per heavy atom. The van der Waals surface area contributed by atoms with Crippen molar-refractivity contribution >= 4 is 21.7 Å². The summed E-state index contributed by atoms with van der Waals surface area (Å²) in [6, 6.07) is 15.0. The van der Waals surface area contributed by atoms with Crippen molar-refractivity contribution in [3.63, 3.8) is 0 Å². The second-order valence-corrected chi connectivity index (χ2v) is 4.74. The van der Waals surface area contributed by atoms with Crippen molar-refractivity contribution in [2.24, 2.45) is 0 Å². The van der Waals surface area contributed by atoms with E-state index in [1.54, 1.807) is 0 Å². The molecule has 1 heterocycles. The minimum Gasteiger partial charge on any atom is -0.256 e. The third kappa shape index (κ3) is 1.59. The Bertz CT molecular complexity index is 683. The first kappa shape index (κ1) is 10.3. The van der Waals surface area contributed by atoms with Crippen LogP contribution in [0.2, 0.25) is 0 Å². The Kier molecular flexibility index (Phi) is 2.32. The summed E-state index contributed by atoms with van der Waals surface area (Å²) in [5, 5.41) is 3.80. The topological polar surface area (TPSA) is 12.9 Å². The van der Waals surface area contributed by atoms with E-state index in [9.17, 15) is 0 Å². The zero-order chi connectivity index (χ0) is 11.8. The van der Waals surface area contributed by atoms with Gasteiger partial charge in [0.2, 0.25) is 0 Å². The molecule has 0 N–H and O–H groups in total. The molecule has 3 aromatic rings. The maximum atomic E-state index is 4.51. The van der Waals surface area contributed by atoms with E-state index in [-0.39, 0.29) is 0 Å². The maximum absolute atomic E-state index is 4.51. The molecule has 0 aliphatic heterocycles. The largest absolute Gasteiger partial charge is 0.256 e. The Labute approximate surface area is 101 Å². The molecule has 0 saturated heterocycles. The van der Waals surface area contributed by atoms with Crippen LogP contribution < -0.4 is 0 Å². The highest BCUT2D eigenvalue weighted by Crippen LogP contribution is 2.29. The highest BCUT2D eigenvalue weighted by Gasteiger charge is 2.07. The van der Waals surface area contributed by atoms with Gasteiger partial charge in [-0.25, -0.2) is 0 Å². The Morgan fingerprint density at radius 2 is 1.76 bits per heavy atom. The van der Waals surface area contributed by atoms with Gasteiger partial charge in [-0.2, -0.15) is 0 Å². The molecule has 0 aliphatic carbocycles. The fourth-order valence-corrected chi connectivity index (χ4v) is 2.43. The van der Waals surface area contributed by atoms with Crippen molar-refractivity contribution < 1.29 is 0 Å². The normalized spacial score (nSPS) is 11.5. The van der Waals surface area contributed by atoms with Gasteiger partial charge in [-0.1, -0.05) is 50.2 Å². The van der Waals surface area contributed by atoms with Crippen LogP contribution in [0.1, 0.15) is 25.3 Å². The van der Waals surface area contributed by atoms with E-state index in [2.05, 4.69) is 55.2 Å². The Hall–Kier alpha value is -1.89. The first-order chi connectivity index (χ1) is 8.27. The molecule has 2 aromatic carbocycles. The van der Waals surface area contributed by atoms with Gasteiger partial charge in [0.05, 0.1) is 5.52 Å². The fourth-order valence-electron chi connectivity index (χ4n) is 2.43. The second kappa shape index (κ2) is 3.85. The summed E-state index contributed by atoms with van der Waals surface area (Å²) < 4.78 is 0. The summed E-state index contributed by atoms with van der Waals surface area (Å²) in [6.07, 6.45) is 1.86. The average molecular weight is 221 g/mol. The molecular weight excluding hydrogens is 206 g/mol. The van der Waals surface area contributed by atoms with Gasteiger partial charge in [-0.15, -0.1) is 0 Å². The van der Waals surface area contributed by atoms with E-state index in [1.165, 1.54) is 21.7 Å². The predicted octanol–water partition coefficient (Wildman–Crippen LogP) is 4.51. The highest BCUT2D eigenvalue weighted by atomic mass is 14.6. The van der Waals surface area contributed by atoms with Crippen LogP contribution in [0.5, 0.6) is 0 Å². The summed E-state index contributed by atoms with van der Waals surface area (Å²) >= 11 is 0. The summed E-state index contributed by atoms with van der Waals surface area (Å²) in [6.45, 7) is 4.47. The zero-order valence-electron chi connectivity index (χ0n) is 10.1. The first-order valence-electron chi connectivity index (χ1n) is 6.04. The Morgan fingerprint density at radius 1 is 0.882 bits per heavy atom. The summed E-state index contributed by atoms with van der Waals surface area (Å²) in [7, 11) is 0. The van der Waals surface area contributed by atoms with Gasteiger partial charge in [0.1, 0.15) is 0 Å². The number of rotatable bonds is 1. The van der Waals surface area contributed by atoms with Gasteiger partial charge >= 0.3 is 0 Å². The van der Waals surface area contributed by atoms with Gasteiger partial charge in [0, 0.05) is 17.0 Å². The molecule has 0 aliphatic rings. The molecule has 84 valence electrons. The molecule has 17 heavy (non-hydrogen) atoms. The summed E-state index contributed by atoms with van der Waals surface area (Å²) in [5.74, 6) is 0.542. The van der Waals surface area contributed by atoms with Crippen LogP contribution in [0.15, 0.2) is 48.7 Å². The van der Waals surface area contributed by atoms with Crippen molar-refractivity contribution in [1.29, 1.82) is 0 Å². The molecule has 0 unspecified atom stereocenters. The van der Waals surface area contributed by atoms with Crippen LogP contribution in [0, 0.1) is 0 Å². The molecule has 1 nitrogen and oxygen atoms in total. The molecule has 0 amide bonds. The van der Waals surface area contributed by atoms with E-state index in [0.29, 0.717) is 5.92 Å². The number of aromatic nitrogens is 1. The number of hydrogen-bond donors (Lipinski definition) is 0. The first-order valence-corrected chi connectivity index (χ1v) is 6.04. The molecule has 0 atom stereocenters. The maximum Gasteiger partial charge on any atom is 0.0780 e. The van der Waals surface area contributed by atoms with Crippen LogP contribution in [-0.4, -0.2) is 4.98 Å².